The summed E-state index contributed by atoms with van der Waals surface area (Å²) in [6, 6.07) is 19.8. The number of nitrogens with one attached hydrogen (secondary N) is 1. The highest BCUT2D eigenvalue weighted by Crippen LogP contribution is 2.27. The lowest BCUT2D eigenvalue weighted by atomic mass is 10.1. The number of ether oxygens (including phenoxy) is 1. The summed E-state index contributed by atoms with van der Waals surface area (Å²) < 4.78 is 6.04. The van der Waals surface area contributed by atoms with Gasteiger partial charge in [-0.15, -0.1) is 0 Å². The molecular formula is C26H27N5O3. The molecular weight excluding hydrogens is 430 g/mol. The van der Waals surface area contributed by atoms with Crippen molar-refractivity contribution >= 4 is 16.8 Å². The maximum absolute atomic E-state index is 11.9. The van der Waals surface area contributed by atoms with E-state index in [0.29, 0.717) is 13.1 Å². The van der Waals surface area contributed by atoms with Gasteiger partial charge in [0.2, 0.25) is 0 Å². The second kappa shape index (κ2) is 9.62. The van der Waals surface area contributed by atoms with Gasteiger partial charge in [0.05, 0.1) is 16.9 Å². The zero-order chi connectivity index (χ0) is 23.5. The molecule has 0 saturated carbocycles. The number of fused-ring (bicyclic) bond motifs is 1. The van der Waals surface area contributed by atoms with Crippen molar-refractivity contribution in [2.45, 2.75) is 19.6 Å². The van der Waals surface area contributed by atoms with E-state index in [9.17, 15) is 9.90 Å². The topological polar surface area (TPSA) is 94.6 Å². The van der Waals surface area contributed by atoms with Gasteiger partial charge in [-0.3, -0.25) is 19.8 Å². The second-order valence-electron chi connectivity index (χ2n) is 8.53. The highest BCUT2D eigenvalue weighted by atomic mass is 16.5. The standard InChI is InChI=1S/C26H27N5O3/c1-18(32)26(33)31-14-12-30(13-15-31)17-21-5-2-20-16-23(8-9-24(20)28-21)34-22-6-3-19(4-7-22)25-10-11-27-29-25/h2-11,16,18,32H,12-15,17H2,1H3,(H,27,29). The zero-order valence-electron chi connectivity index (χ0n) is 19.0. The molecule has 1 amide bonds. The van der Waals surface area contributed by atoms with Crippen LogP contribution in [-0.4, -0.2) is 68.3 Å². The van der Waals surface area contributed by atoms with E-state index in [1.54, 1.807) is 11.1 Å². The number of piperazine rings is 1. The van der Waals surface area contributed by atoms with Crippen LogP contribution in [0.5, 0.6) is 11.5 Å². The van der Waals surface area contributed by atoms with Gasteiger partial charge in [0.15, 0.2) is 0 Å². The quantitative estimate of drug-likeness (QED) is 0.461. The molecule has 1 unspecified atom stereocenters. The highest BCUT2D eigenvalue weighted by Gasteiger charge is 2.23. The molecule has 2 N–H and O–H groups in total. The van der Waals surface area contributed by atoms with Crippen molar-refractivity contribution in [1.29, 1.82) is 0 Å². The molecule has 1 aliphatic rings. The number of rotatable bonds is 6. The Kier molecular flexibility index (Phi) is 6.24. The van der Waals surface area contributed by atoms with Gasteiger partial charge in [-0.2, -0.15) is 5.10 Å². The molecule has 174 valence electrons. The average molecular weight is 458 g/mol. The Morgan fingerprint density at radius 3 is 2.50 bits per heavy atom. The van der Waals surface area contributed by atoms with Crippen LogP contribution in [0.4, 0.5) is 0 Å². The first-order valence-electron chi connectivity index (χ1n) is 11.4. The first kappa shape index (κ1) is 22.1. The van der Waals surface area contributed by atoms with E-state index in [-0.39, 0.29) is 5.91 Å². The first-order chi connectivity index (χ1) is 16.5. The molecule has 8 heteroatoms. The average Bonchev–Trinajstić information content (AvgIpc) is 3.40. The summed E-state index contributed by atoms with van der Waals surface area (Å²) in [5, 5.41) is 17.5. The molecule has 5 rings (SSSR count). The number of hydrogen-bond acceptors (Lipinski definition) is 6. The van der Waals surface area contributed by atoms with Crippen LogP contribution in [0.1, 0.15) is 12.6 Å². The van der Waals surface area contributed by atoms with Crippen LogP contribution in [0.3, 0.4) is 0 Å². The van der Waals surface area contributed by atoms with Crippen molar-refractivity contribution in [2.75, 3.05) is 26.2 Å². The smallest absolute Gasteiger partial charge is 0.251 e. The van der Waals surface area contributed by atoms with Crippen LogP contribution < -0.4 is 4.74 Å². The van der Waals surface area contributed by atoms with Crippen LogP contribution in [-0.2, 0) is 11.3 Å². The van der Waals surface area contributed by atoms with E-state index < -0.39 is 6.10 Å². The summed E-state index contributed by atoms with van der Waals surface area (Å²) in [7, 11) is 0. The van der Waals surface area contributed by atoms with Crippen LogP contribution in [0.25, 0.3) is 22.2 Å². The van der Waals surface area contributed by atoms with Crippen molar-refractivity contribution in [3.8, 4) is 22.8 Å². The van der Waals surface area contributed by atoms with E-state index in [1.807, 2.05) is 54.6 Å². The Hall–Kier alpha value is -3.75. The zero-order valence-corrected chi connectivity index (χ0v) is 19.0. The summed E-state index contributed by atoms with van der Waals surface area (Å²) in [5.41, 5.74) is 3.93. The summed E-state index contributed by atoms with van der Waals surface area (Å²) in [6.45, 7) is 5.03. The largest absolute Gasteiger partial charge is 0.457 e. The number of aliphatic hydroxyl groups is 1. The van der Waals surface area contributed by atoms with Crippen molar-refractivity contribution in [3.05, 3.63) is 72.6 Å². The molecule has 0 aliphatic carbocycles. The number of amides is 1. The fraction of sp³-hybridized carbons (Fsp3) is 0.269. The maximum atomic E-state index is 11.9. The van der Waals surface area contributed by atoms with E-state index >= 15 is 0 Å². The number of nitrogens with zero attached hydrogens (tertiary/aromatic N) is 4. The summed E-state index contributed by atoms with van der Waals surface area (Å²) in [4.78, 5) is 20.8. The van der Waals surface area contributed by atoms with Gasteiger partial charge in [0.25, 0.3) is 5.91 Å². The predicted octanol–water partition coefficient (Wildman–Crippen LogP) is 3.44. The van der Waals surface area contributed by atoms with Gasteiger partial charge in [-0.1, -0.05) is 6.07 Å². The molecule has 2 aromatic heterocycles. The lowest BCUT2D eigenvalue weighted by Gasteiger charge is -2.35. The van der Waals surface area contributed by atoms with Gasteiger partial charge in [0.1, 0.15) is 17.6 Å². The summed E-state index contributed by atoms with van der Waals surface area (Å²) in [6.07, 6.45) is 0.791. The van der Waals surface area contributed by atoms with E-state index in [1.165, 1.54) is 6.92 Å². The molecule has 8 nitrogen and oxygen atoms in total. The third kappa shape index (κ3) is 4.93. The molecule has 1 fully saturated rings. The monoisotopic (exact) mass is 457 g/mol. The Balaban J connectivity index is 1.21. The number of hydrogen-bond donors (Lipinski definition) is 2. The number of pyridine rings is 1. The minimum atomic E-state index is -0.941. The number of H-pyrrole nitrogens is 1. The molecule has 1 saturated heterocycles. The number of carbonyl (C=O) groups is 1. The Bertz CT molecular complexity index is 1260. The van der Waals surface area contributed by atoms with Crippen LogP contribution in [0, 0.1) is 0 Å². The van der Waals surface area contributed by atoms with Crippen LogP contribution >= 0.6 is 0 Å². The maximum Gasteiger partial charge on any atom is 0.251 e. The lowest BCUT2D eigenvalue weighted by molar-refractivity contribution is -0.141. The van der Waals surface area contributed by atoms with Gasteiger partial charge >= 0.3 is 0 Å². The van der Waals surface area contributed by atoms with E-state index in [2.05, 4.69) is 21.2 Å². The number of benzene rings is 2. The molecule has 1 atom stereocenters. The molecule has 0 bridgehead atoms. The molecule has 2 aromatic carbocycles. The highest BCUT2D eigenvalue weighted by molar-refractivity contribution is 5.81. The van der Waals surface area contributed by atoms with Gasteiger partial charge in [-0.25, -0.2) is 0 Å². The van der Waals surface area contributed by atoms with Crippen LogP contribution in [0.2, 0.25) is 0 Å². The Labute approximate surface area is 197 Å². The summed E-state index contributed by atoms with van der Waals surface area (Å²) >= 11 is 0. The molecule has 3 heterocycles. The van der Waals surface area contributed by atoms with Crippen molar-refractivity contribution in [2.24, 2.45) is 0 Å². The third-order valence-electron chi connectivity index (χ3n) is 6.05. The fourth-order valence-corrected chi connectivity index (χ4v) is 4.17. The molecule has 4 aromatic rings. The minimum Gasteiger partial charge on any atom is -0.457 e. The minimum absolute atomic E-state index is 0.199. The predicted molar refractivity (Wildman–Crippen MR) is 129 cm³/mol. The fourth-order valence-electron chi connectivity index (χ4n) is 4.17. The van der Waals surface area contributed by atoms with E-state index in [0.717, 1.165) is 59.0 Å². The lowest BCUT2D eigenvalue weighted by Crippen LogP contribution is -2.50. The normalized spacial score (nSPS) is 15.4. The van der Waals surface area contributed by atoms with Crippen molar-refractivity contribution in [3.63, 3.8) is 0 Å². The molecule has 1 aliphatic heterocycles. The number of carbonyl (C=O) groups excluding carboxylic acids is 1. The Morgan fingerprint density at radius 2 is 1.79 bits per heavy atom. The molecule has 34 heavy (non-hydrogen) atoms. The second-order valence-corrected chi connectivity index (χ2v) is 8.53. The third-order valence-corrected chi connectivity index (χ3v) is 6.05. The first-order valence-corrected chi connectivity index (χ1v) is 11.4. The molecule has 0 radical (unpaired) electrons. The SMILES string of the molecule is CC(O)C(=O)N1CCN(Cc2ccc3cc(Oc4ccc(-c5ccn[nH]5)cc4)ccc3n2)CC1. The number of aromatic nitrogens is 3. The number of aliphatic hydroxyl groups excluding tert-OH is 1. The Morgan fingerprint density at radius 1 is 1.03 bits per heavy atom. The van der Waals surface area contributed by atoms with Gasteiger partial charge in [-0.05, 0) is 67.1 Å². The molecule has 0 spiro atoms. The number of aromatic amines is 1. The summed E-state index contributed by atoms with van der Waals surface area (Å²) in [5.74, 6) is 1.32. The van der Waals surface area contributed by atoms with Gasteiger partial charge in [0, 0.05) is 44.3 Å². The van der Waals surface area contributed by atoms with Crippen molar-refractivity contribution < 1.29 is 14.6 Å². The van der Waals surface area contributed by atoms with Gasteiger partial charge < -0.3 is 14.7 Å². The van der Waals surface area contributed by atoms with Crippen LogP contribution in [0.15, 0.2) is 66.9 Å². The van der Waals surface area contributed by atoms with Crippen molar-refractivity contribution in [1.82, 2.24) is 25.0 Å². The van der Waals surface area contributed by atoms with E-state index in [4.69, 9.17) is 9.72 Å².